The van der Waals surface area contributed by atoms with Crippen molar-refractivity contribution in [3.63, 3.8) is 0 Å². The fraction of sp³-hybridized carbons (Fsp3) is 0.400. The number of halogens is 1. The average molecular weight is 293 g/mol. The van der Waals surface area contributed by atoms with Gasteiger partial charge in [0, 0.05) is 10.0 Å². The number of aliphatic hydroxyl groups is 3. The molecule has 0 aliphatic heterocycles. The van der Waals surface area contributed by atoms with Gasteiger partial charge in [-0.1, -0.05) is 15.9 Å². The van der Waals surface area contributed by atoms with Gasteiger partial charge < -0.3 is 25.2 Å². The highest BCUT2D eigenvalue weighted by Gasteiger charge is 2.21. The van der Waals surface area contributed by atoms with E-state index in [1.54, 1.807) is 0 Å². The van der Waals surface area contributed by atoms with Crippen molar-refractivity contribution >= 4 is 15.9 Å². The molecule has 1 aromatic rings. The Morgan fingerprint density at radius 2 is 2.00 bits per heavy atom. The molecule has 0 saturated heterocycles. The summed E-state index contributed by atoms with van der Waals surface area (Å²) < 4.78 is 5.30. The molecule has 2 atom stereocenters. The first-order valence-corrected chi connectivity index (χ1v) is 5.34. The third kappa shape index (κ3) is 2.65. The van der Waals surface area contributed by atoms with Gasteiger partial charge in [0.05, 0.1) is 13.7 Å². The summed E-state index contributed by atoms with van der Waals surface area (Å²) in [5.41, 5.74) is 0.330. The highest BCUT2D eigenvalue weighted by atomic mass is 79.9. The van der Waals surface area contributed by atoms with Crippen molar-refractivity contribution < 1.29 is 25.2 Å². The predicted octanol–water partition coefficient (Wildman–Crippen LogP) is 0.550. The second-order valence-corrected chi connectivity index (χ2v) is 4.09. The molecule has 1 rings (SSSR count). The Morgan fingerprint density at radius 1 is 1.38 bits per heavy atom. The smallest absolute Gasteiger partial charge is 0.160 e. The molecule has 0 radical (unpaired) electrons. The molecular weight excluding hydrogens is 280 g/mol. The number of rotatable bonds is 4. The van der Waals surface area contributed by atoms with Crippen molar-refractivity contribution in [1.29, 1.82) is 0 Å². The normalized spacial score (nSPS) is 14.6. The summed E-state index contributed by atoms with van der Waals surface area (Å²) >= 11 is 3.14. The molecule has 16 heavy (non-hydrogen) atoms. The number of ether oxygens (including phenoxy) is 1. The number of aromatic hydroxyl groups is 1. The molecule has 0 saturated carbocycles. The number of methoxy groups -OCH3 is 1. The largest absolute Gasteiger partial charge is 0.504 e. The maximum Gasteiger partial charge on any atom is 0.160 e. The van der Waals surface area contributed by atoms with E-state index >= 15 is 0 Å². The van der Waals surface area contributed by atoms with Crippen LogP contribution in [0.4, 0.5) is 0 Å². The molecule has 90 valence electrons. The molecule has 6 heteroatoms. The highest BCUT2D eigenvalue weighted by molar-refractivity contribution is 9.10. The molecular formula is C10H13BrO5. The molecule has 0 amide bonds. The molecule has 0 aromatic heterocycles. The first-order chi connectivity index (χ1) is 7.51. The standard InChI is InChI=1S/C10H13BrO5/c1-16-9-2-5(6(11)3-7(9)13)10(15)8(14)4-12/h2-3,8,10,12-15H,4H2,1H3. The zero-order chi connectivity index (χ0) is 12.3. The summed E-state index contributed by atoms with van der Waals surface area (Å²) in [6.07, 6.45) is -2.54. The first-order valence-electron chi connectivity index (χ1n) is 4.54. The SMILES string of the molecule is COc1cc(C(O)C(O)CO)c(Br)cc1O. The summed E-state index contributed by atoms with van der Waals surface area (Å²) in [7, 11) is 1.38. The monoisotopic (exact) mass is 292 g/mol. The van der Waals surface area contributed by atoms with Gasteiger partial charge >= 0.3 is 0 Å². The second kappa shape index (κ2) is 5.49. The maximum atomic E-state index is 9.70. The van der Waals surface area contributed by atoms with Crippen LogP contribution in [0.25, 0.3) is 0 Å². The van der Waals surface area contributed by atoms with Crippen molar-refractivity contribution in [3.05, 3.63) is 22.2 Å². The predicted molar refractivity (Wildman–Crippen MR) is 60.4 cm³/mol. The highest BCUT2D eigenvalue weighted by Crippen LogP contribution is 2.36. The lowest BCUT2D eigenvalue weighted by Crippen LogP contribution is -2.22. The molecule has 0 heterocycles. The summed E-state index contributed by atoms with van der Waals surface area (Å²) in [5, 5.41) is 37.2. The number of aliphatic hydroxyl groups excluding tert-OH is 3. The van der Waals surface area contributed by atoms with Gasteiger partial charge in [0.15, 0.2) is 11.5 Å². The summed E-state index contributed by atoms with van der Waals surface area (Å²) in [6, 6.07) is 2.74. The zero-order valence-corrected chi connectivity index (χ0v) is 10.2. The van der Waals surface area contributed by atoms with Crippen LogP contribution in [0.1, 0.15) is 11.7 Å². The first kappa shape index (κ1) is 13.2. The van der Waals surface area contributed by atoms with E-state index in [0.717, 1.165) is 0 Å². The van der Waals surface area contributed by atoms with Gasteiger partial charge in [0.25, 0.3) is 0 Å². The van der Waals surface area contributed by atoms with Gasteiger partial charge in [-0.2, -0.15) is 0 Å². The van der Waals surface area contributed by atoms with Crippen molar-refractivity contribution in [2.45, 2.75) is 12.2 Å². The Bertz CT molecular complexity index is 368. The maximum absolute atomic E-state index is 9.70. The van der Waals surface area contributed by atoms with Gasteiger partial charge in [0.2, 0.25) is 0 Å². The van der Waals surface area contributed by atoms with Gasteiger partial charge in [-0.3, -0.25) is 0 Å². The Morgan fingerprint density at radius 3 is 2.50 bits per heavy atom. The van der Waals surface area contributed by atoms with E-state index in [1.807, 2.05) is 0 Å². The summed E-state index contributed by atoms with van der Waals surface area (Å²) in [5.74, 6) is 0.103. The molecule has 0 bridgehead atoms. The lowest BCUT2D eigenvalue weighted by molar-refractivity contribution is -0.0156. The van der Waals surface area contributed by atoms with Crippen molar-refractivity contribution in [1.82, 2.24) is 0 Å². The minimum absolute atomic E-state index is 0.0798. The molecule has 0 fully saturated rings. The molecule has 5 nitrogen and oxygen atoms in total. The van der Waals surface area contributed by atoms with E-state index in [0.29, 0.717) is 10.0 Å². The van der Waals surface area contributed by atoms with Crippen LogP contribution in [-0.4, -0.2) is 40.2 Å². The zero-order valence-electron chi connectivity index (χ0n) is 8.59. The minimum Gasteiger partial charge on any atom is -0.504 e. The quantitative estimate of drug-likeness (QED) is 0.651. The Balaban J connectivity index is 3.13. The lowest BCUT2D eigenvalue weighted by atomic mass is 10.0. The van der Waals surface area contributed by atoms with Crippen LogP contribution in [0.3, 0.4) is 0 Å². The number of hydrogen-bond acceptors (Lipinski definition) is 5. The van der Waals surface area contributed by atoms with Crippen LogP contribution >= 0.6 is 15.9 Å². The van der Waals surface area contributed by atoms with E-state index in [-0.39, 0.29) is 11.5 Å². The lowest BCUT2D eigenvalue weighted by Gasteiger charge is -2.18. The fourth-order valence-corrected chi connectivity index (χ4v) is 1.82. The third-order valence-corrected chi connectivity index (χ3v) is 2.86. The molecule has 0 aliphatic rings. The second-order valence-electron chi connectivity index (χ2n) is 3.24. The average Bonchev–Trinajstić information content (AvgIpc) is 2.27. The molecule has 1 aromatic carbocycles. The van der Waals surface area contributed by atoms with E-state index in [1.165, 1.54) is 19.2 Å². The summed E-state index contributed by atoms with van der Waals surface area (Å²) in [4.78, 5) is 0. The van der Waals surface area contributed by atoms with Gasteiger partial charge in [-0.25, -0.2) is 0 Å². The molecule has 0 spiro atoms. The van der Waals surface area contributed by atoms with Crippen LogP contribution in [0, 0.1) is 0 Å². The number of hydrogen-bond donors (Lipinski definition) is 4. The van der Waals surface area contributed by atoms with Crippen LogP contribution < -0.4 is 4.74 Å². The Labute approximate surface area is 101 Å². The Hall–Kier alpha value is -0.820. The summed E-state index contributed by atoms with van der Waals surface area (Å²) in [6.45, 7) is -0.559. The van der Waals surface area contributed by atoms with Gasteiger partial charge in [-0.05, 0) is 12.1 Å². The van der Waals surface area contributed by atoms with E-state index < -0.39 is 18.8 Å². The Kier molecular flexibility index (Phi) is 4.55. The number of phenolic OH excluding ortho intramolecular Hbond substituents is 1. The fourth-order valence-electron chi connectivity index (χ4n) is 1.26. The van der Waals surface area contributed by atoms with E-state index in [4.69, 9.17) is 9.84 Å². The minimum atomic E-state index is -1.29. The number of phenols is 1. The molecule has 4 N–H and O–H groups in total. The van der Waals surface area contributed by atoms with Crippen molar-refractivity contribution in [2.75, 3.05) is 13.7 Å². The van der Waals surface area contributed by atoms with E-state index in [9.17, 15) is 15.3 Å². The van der Waals surface area contributed by atoms with Crippen molar-refractivity contribution in [2.24, 2.45) is 0 Å². The molecule has 2 unspecified atom stereocenters. The third-order valence-electron chi connectivity index (χ3n) is 2.17. The number of benzene rings is 1. The van der Waals surface area contributed by atoms with Crippen molar-refractivity contribution in [3.8, 4) is 11.5 Å². The van der Waals surface area contributed by atoms with E-state index in [2.05, 4.69) is 15.9 Å². The van der Waals surface area contributed by atoms with Crippen LogP contribution in [0.15, 0.2) is 16.6 Å². The van der Waals surface area contributed by atoms with Gasteiger partial charge in [-0.15, -0.1) is 0 Å². The van der Waals surface area contributed by atoms with Crippen LogP contribution in [0.5, 0.6) is 11.5 Å². The topological polar surface area (TPSA) is 90.2 Å². The molecule has 0 aliphatic carbocycles. The van der Waals surface area contributed by atoms with Crippen LogP contribution in [0.2, 0.25) is 0 Å². The van der Waals surface area contributed by atoms with Crippen LogP contribution in [-0.2, 0) is 0 Å². The van der Waals surface area contributed by atoms with Gasteiger partial charge in [0.1, 0.15) is 12.2 Å².